The number of hydrogen-bond acceptors (Lipinski definition) is 5. The lowest BCUT2D eigenvalue weighted by Crippen LogP contribution is -2.11. The summed E-state index contributed by atoms with van der Waals surface area (Å²) in [5.74, 6) is 7.98. The van der Waals surface area contributed by atoms with Crippen LogP contribution in [0, 0.1) is 0 Å². The van der Waals surface area contributed by atoms with Gasteiger partial charge in [-0.1, -0.05) is 29.8 Å². The summed E-state index contributed by atoms with van der Waals surface area (Å²) in [6, 6.07) is 9.19. The molecule has 0 aliphatic carbocycles. The van der Waals surface area contributed by atoms with E-state index in [0.717, 1.165) is 4.47 Å². The molecule has 0 amide bonds. The molecule has 2 aromatic rings. The van der Waals surface area contributed by atoms with E-state index in [-0.39, 0.29) is 5.92 Å². The molecule has 0 bridgehead atoms. The Morgan fingerprint density at radius 3 is 2.47 bits per heavy atom. The zero-order valence-corrected chi connectivity index (χ0v) is 12.3. The minimum atomic E-state index is 0.195. The van der Waals surface area contributed by atoms with Gasteiger partial charge in [0.15, 0.2) is 0 Å². The molecular formula is C13H15BrN4O. The van der Waals surface area contributed by atoms with E-state index >= 15 is 0 Å². The van der Waals surface area contributed by atoms with E-state index in [0.29, 0.717) is 23.3 Å². The molecule has 0 saturated carbocycles. The molecule has 6 heteroatoms. The Balaban J connectivity index is 2.28. The second kappa shape index (κ2) is 5.99. The topological polar surface area (TPSA) is 73.1 Å². The molecule has 1 aromatic carbocycles. The van der Waals surface area contributed by atoms with Crippen molar-refractivity contribution < 1.29 is 4.74 Å². The molecule has 0 unspecified atom stereocenters. The average molecular weight is 323 g/mol. The Bertz CT molecular complexity index is 557. The highest BCUT2D eigenvalue weighted by Gasteiger charge is 2.09. The third-order valence-electron chi connectivity index (χ3n) is 2.42. The summed E-state index contributed by atoms with van der Waals surface area (Å²) >= 11 is 3.38. The number of benzene rings is 1. The molecule has 0 saturated heterocycles. The standard InChI is InChI=1S/C13H15BrN4O/c1-8(2)13-16-11(18-15)7-12(17-13)19-10-5-3-9(14)4-6-10/h3-8H,15H2,1-2H3,(H,16,17,18). The monoisotopic (exact) mass is 322 g/mol. The van der Waals surface area contributed by atoms with Crippen molar-refractivity contribution in [2.45, 2.75) is 19.8 Å². The van der Waals surface area contributed by atoms with Crippen LogP contribution >= 0.6 is 15.9 Å². The van der Waals surface area contributed by atoms with Crippen molar-refractivity contribution in [2.75, 3.05) is 5.43 Å². The van der Waals surface area contributed by atoms with Gasteiger partial charge in [0.2, 0.25) is 5.88 Å². The number of rotatable bonds is 4. The van der Waals surface area contributed by atoms with Gasteiger partial charge in [-0.25, -0.2) is 10.8 Å². The first-order chi connectivity index (χ1) is 9.08. The van der Waals surface area contributed by atoms with Crippen LogP contribution in [0.3, 0.4) is 0 Å². The second-order valence-corrected chi connectivity index (χ2v) is 5.22. The van der Waals surface area contributed by atoms with E-state index in [4.69, 9.17) is 10.6 Å². The number of anilines is 1. The van der Waals surface area contributed by atoms with Gasteiger partial charge in [0, 0.05) is 16.5 Å². The summed E-state index contributed by atoms with van der Waals surface area (Å²) in [6.07, 6.45) is 0. The SMILES string of the molecule is CC(C)c1nc(NN)cc(Oc2ccc(Br)cc2)n1. The van der Waals surface area contributed by atoms with Crippen LogP contribution in [0.2, 0.25) is 0 Å². The highest BCUT2D eigenvalue weighted by molar-refractivity contribution is 9.10. The van der Waals surface area contributed by atoms with Crippen LogP contribution in [0.5, 0.6) is 11.6 Å². The fourth-order valence-corrected chi connectivity index (χ4v) is 1.71. The third kappa shape index (κ3) is 3.65. The van der Waals surface area contributed by atoms with Crippen LogP contribution in [0.1, 0.15) is 25.6 Å². The molecule has 0 radical (unpaired) electrons. The molecule has 1 aromatic heterocycles. The summed E-state index contributed by atoms with van der Waals surface area (Å²) < 4.78 is 6.69. The van der Waals surface area contributed by atoms with Gasteiger partial charge in [-0.15, -0.1) is 0 Å². The van der Waals surface area contributed by atoms with Crippen LogP contribution in [0.15, 0.2) is 34.8 Å². The molecule has 1 heterocycles. The summed E-state index contributed by atoms with van der Waals surface area (Å²) in [5.41, 5.74) is 2.52. The van der Waals surface area contributed by atoms with Crippen LogP contribution in [0.4, 0.5) is 5.82 Å². The maximum absolute atomic E-state index is 5.70. The van der Waals surface area contributed by atoms with Gasteiger partial charge in [0.05, 0.1) is 0 Å². The largest absolute Gasteiger partial charge is 0.439 e. The number of hydrogen-bond donors (Lipinski definition) is 2. The quantitative estimate of drug-likeness (QED) is 0.666. The van der Waals surface area contributed by atoms with Gasteiger partial charge in [0.1, 0.15) is 17.4 Å². The predicted molar refractivity (Wildman–Crippen MR) is 78.1 cm³/mol. The number of nitrogens with two attached hydrogens (primary N) is 1. The Hall–Kier alpha value is -1.66. The van der Waals surface area contributed by atoms with Crippen molar-refractivity contribution in [1.82, 2.24) is 9.97 Å². The van der Waals surface area contributed by atoms with E-state index in [1.165, 1.54) is 0 Å². The van der Waals surface area contributed by atoms with Crippen LogP contribution in [0.25, 0.3) is 0 Å². The van der Waals surface area contributed by atoms with E-state index < -0.39 is 0 Å². The first kappa shape index (κ1) is 13.8. The van der Waals surface area contributed by atoms with E-state index in [2.05, 4.69) is 31.3 Å². The van der Waals surface area contributed by atoms with Gasteiger partial charge in [-0.05, 0) is 24.3 Å². The lowest BCUT2D eigenvalue weighted by molar-refractivity contribution is 0.457. The maximum atomic E-state index is 5.70. The van der Waals surface area contributed by atoms with E-state index in [9.17, 15) is 0 Å². The zero-order valence-electron chi connectivity index (χ0n) is 10.7. The van der Waals surface area contributed by atoms with Crippen molar-refractivity contribution in [3.63, 3.8) is 0 Å². The molecule has 0 aliphatic rings. The van der Waals surface area contributed by atoms with Gasteiger partial charge in [0.25, 0.3) is 0 Å². The molecule has 0 atom stereocenters. The number of aromatic nitrogens is 2. The Morgan fingerprint density at radius 2 is 1.89 bits per heavy atom. The molecule has 3 N–H and O–H groups in total. The first-order valence-corrected chi connectivity index (χ1v) is 6.67. The molecule has 0 spiro atoms. The molecule has 0 fully saturated rings. The molecule has 2 rings (SSSR count). The number of ether oxygens (including phenoxy) is 1. The number of nitrogens with zero attached hydrogens (tertiary/aromatic N) is 2. The minimum Gasteiger partial charge on any atom is -0.439 e. The normalized spacial score (nSPS) is 10.6. The van der Waals surface area contributed by atoms with Gasteiger partial charge >= 0.3 is 0 Å². The molecule has 0 aliphatic heterocycles. The Morgan fingerprint density at radius 1 is 1.21 bits per heavy atom. The average Bonchev–Trinajstić information content (AvgIpc) is 2.41. The smallest absolute Gasteiger partial charge is 0.224 e. The lowest BCUT2D eigenvalue weighted by atomic mass is 10.2. The van der Waals surface area contributed by atoms with Crippen molar-refractivity contribution >= 4 is 21.7 Å². The zero-order chi connectivity index (χ0) is 13.8. The van der Waals surface area contributed by atoms with Crippen LogP contribution in [-0.2, 0) is 0 Å². The predicted octanol–water partition coefficient (Wildman–Crippen LogP) is 3.44. The minimum absolute atomic E-state index is 0.195. The summed E-state index contributed by atoms with van der Waals surface area (Å²) in [5, 5.41) is 0. The highest BCUT2D eigenvalue weighted by atomic mass is 79.9. The molecule has 19 heavy (non-hydrogen) atoms. The van der Waals surface area contributed by atoms with Gasteiger partial charge in [-0.3, -0.25) is 0 Å². The van der Waals surface area contributed by atoms with E-state index in [1.54, 1.807) is 6.07 Å². The van der Waals surface area contributed by atoms with Crippen LogP contribution < -0.4 is 16.0 Å². The second-order valence-electron chi connectivity index (χ2n) is 4.30. The number of halogens is 1. The highest BCUT2D eigenvalue weighted by Crippen LogP contribution is 2.24. The van der Waals surface area contributed by atoms with Crippen LogP contribution in [-0.4, -0.2) is 9.97 Å². The Labute approximate surface area is 120 Å². The van der Waals surface area contributed by atoms with Gasteiger partial charge < -0.3 is 10.2 Å². The summed E-state index contributed by atoms with van der Waals surface area (Å²) in [7, 11) is 0. The van der Waals surface area contributed by atoms with Crippen molar-refractivity contribution in [3.8, 4) is 11.6 Å². The summed E-state index contributed by atoms with van der Waals surface area (Å²) in [4.78, 5) is 8.63. The van der Waals surface area contributed by atoms with Gasteiger partial charge in [-0.2, -0.15) is 4.98 Å². The fraction of sp³-hybridized carbons (Fsp3) is 0.231. The number of nitrogens with one attached hydrogen (secondary N) is 1. The molecule has 100 valence electrons. The number of hydrazine groups is 1. The first-order valence-electron chi connectivity index (χ1n) is 5.87. The maximum Gasteiger partial charge on any atom is 0.224 e. The van der Waals surface area contributed by atoms with Crippen molar-refractivity contribution in [2.24, 2.45) is 5.84 Å². The lowest BCUT2D eigenvalue weighted by Gasteiger charge is -2.10. The summed E-state index contributed by atoms with van der Waals surface area (Å²) in [6.45, 7) is 4.03. The molecular weight excluding hydrogens is 308 g/mol. The Kier molecular flexibility index (Phi) is 4.34. The van der Waals surface area contributed by atoms with Crippen molar-refractivity contribution in [1.29, 1.82) is 0 Å². The van der Waals surface area contributed by atoms with E-state index in [1.807, 2.05) is 38.1 Å². The molecule has 5 nitrogen and oxygen atoms in total. The number of nitrogen functional groups attached to an aromatic ring is 1. The fourth-order valence-electron chi connectivity index (χ4n) is 1.45. The third-order valence-corrected chi connectivity index (χ3v) is 2.95. The van der Waals surface area contributed by atoms with Crippen molar-refractivity contribution in [3.05, 3.63) is 40.6 Å².